The Morgan fingerprint density at radius 2 is 2.09 bits per heavy atom. The van der Waals surface area contributed by atoms with Crippen molar-refractivity contribution in [3.8, 4) is 6.07 Å². The van der Waals surface area contributed by atoms with Crippen LogP contribution >= 0.6 is 22.9 Å². The van der Waals surface area contributed by atoms with E-state index in [9.17, 15) is 14.9 Å². The molecule has 33 heavy (non-hydrogen) atoms. The van der Waals surface area contributed by atoms with Crippen LogP contribution in [0.5, 0.6) is 0 Å². The molecule has 0 radical (unpaired) electrons. The molecular weight excluding hydrogens is 458 g/mol. The Kier molecular flexibility index (Phi) is 7.07. The van der Waals surface area contributed by atoms with Gasteiger partial charge in [0.15, 0.2) is 6.10 Å². The summed E-state index contributed by atoms with van der Waals surface area (Å²) in [6, 6.07) is 15.7. The van der Waals surface area contributed by atoms with Crippen LogP contribution in [-0.4, -0.2) is 23.0 Å². The lowest BCUT2D eigenvalue weighted by Crippen LogP contribution is -2.32. The largest absolute Gasteiger partial charge is 0.449 e. The van der Waals surface area contributed by atoms with Crippen molar-refractivity contribution in [2.75, 3.05) is 5.32 Å². The van der Waals surface area contributed by atoms with E-state index >= 15 is 0 Å². The summed E-state index contributed by atoms with van der Waals surface area (Å²) in [6.07, 6.45) is 3.30. The van der Waals surface area contributed by atoms with Gasteiger partial charge in [0.25, 0.3) is 5.91 Å². The van der Waals surface area contributed by atoms with Gasteiger partial charge in [0.2, 0.25) is 0 Å². The van der Waals surface area contributed by atoms with Crippen LogP contribution in [0, 0.1) is 11.3 Å². The zero-order valence-electron chi connectivity index (χ0n) is 18.0. The number of nitrogens with one attached hydrogen (secondary N) is 1. The number of thiophene rings is 1. The maximum absolute atomic E-state index is 12.9. The number of carbonyl (C=O) groups is 2. The Balaban J connectivity index is 1.50. The second kappa shape index (κ2) is 10.2. The number of amides is 1. The zero-order valence-corrected chi connectivity index (χ0v) is 19.6. The van der Waals surface area contributed by atoms with E-state index in [2.05, 4.69) is 28.5 Å². The summed E-state index contributed by atoms with van der Waals surface area (Å²) >= 11 is 7.39. The average Bonchev–Trinajstić information content (AvgIpc) is 3.19. The highest BCUT2D eigenvalue weighted by atomic mass is 35.5. The molecule has 4 rings (SSSR count). The fourth-order valence-electron chi connectivity index (χ4n) is 4.05. The van der Waals surface area contributed by atoms with E-state index in [-0.39, 0.29) is 17.1 Å². The fraction of sp³-hybridized carbons (Fsp3) is 0.280. The first kappa shape index (κ1) is 23.0. The monoisotopic (exact) mass is 479 g/mol. The molecule has 1 N–H and O–H groups in total. The number of halogens is 1. The van der Waals surface area contributed by atoms with Gasteiger partial charge in [-0.3, -0.25) is 4.79 Å². The lowest BCUT2D eigenvalue weighted by molar-refractivity contribution is -0.124. The maximum atomic E-state index is 12.9. The van der Waals surface area contributed by atoms with Gasteiger partial charge in [0.05, 0.1) is 11.1 Å². The van der Waals surface area contributed by atoms with Crippen LogP contribution in [0.3, 0.4) is 0 Å². The number of anilines is 1. The van der Waals surface area contributed by atoms with Crippen LogP contribution in [0.4, 0.5) is 5.00 Å². The van der Waals surface area contributed by atoms with Crippen LogP contribution < -0.4 is 5.32 Å². The first-order chi connectivity index (χ1) is 16.0. The molecule has 2 heterocycles. The molecule has 2 atom stereocenters. The summed E-state index contributed by atoms with van der Waals surface area (Å²) in [5.41, 5.74) is 2.90. The van der Waals surface area contributed by atoms with Crippen LogP contribution in [0.15, 0.2) is 48.7 Å². The molecule has 3 aromatic rings. The molecule has 168 valence electrons. The van der Waals surface area contributed by atoms with Crippen LogP contribution in [0.2, 0.25) is 5.15 Å². The van der Waals surface area contributed by atoms with Crippen molar-refractivity contribution in [3.05, 3.63) is 80.9 Å². The molecule has 2 unspecified atom stereocenters. The quantitative estimate of drug-likeness (QED) is 0.371. The van der Waals surface area contributed by atoms with E-state index in [1.165, 1.54) is 29.2 Å². The number of ether oxygens (including phenoxy) is 1. The molecule has 0 aliphatic heterocycles. The van der Waals surface area contributed by atoms with E-state index < -0.39 is 18.0 Å². The number of carbonyl (C=O) groups excluding carboxylic acids is 2. The number of rotatable bonds is 6. The van der Waals surface area contributed by atoms with E-state index in [0.29, 0.717) is 16.5 Å². The predicted octanol–water partition coefficient (Wildman–Crippen LogP) is 5.51. The number of hydrogen-bond acceptors (Lipinski definition) is 6. The molecule has 6 nitrogen and oxygen atoms in total. The SMILES string of the molecule is CCC(OC(=O)c1cccnc1Cl)C(=O)Nc1sc2c(c1C#N)CCC(c1ccccc1)C2. The van der Waals surface area contributed by atoms with Crippen molar-refractivity contribution in [1.82, 2.24) is 4.98 Å². The molecule has 1 aliphatic carbocycles. The zero-order chi connectivity index (χ0) is 23.4. The lowest BCUT2D eigenvalue weighted by atomic mass is 9.83. The second-order valence-electron chi connectivity index (χ2n) is 7.80. The van der Waals surface area contributed by atoms with Gasteiger partial charge in [0, 0.05) is 11.1 Å². The summed E-state index contributed by atoms with van der Waals surface area (Å²) in [6.45, 7) is 1.75. The third kappa shape index (κ3) is 4.92. The minimum Gasteiger partial charge on any atom is -0.449 e. The smallest absolute Gasteiger partial charge is 0.342 e. The lowest BCUT2D eigenvalue weighted by Gasteiger charge is -2.22. The molecule has 1 amide bonds. The summed E-state index contributed by atoms with van der Waals surface area (Å²) in [7, 11) is 0. The van der Waals surface area contributed by atoms with Crippen LogP contribution in [0.1, 0.15) is 57.6 Å². The number of pyridine rings is 1. The molecule has 2 aromatic heterocycles. The van der Waals surface area contributed by atoms with Gasteiger partial charge in [-0.25, -0.2) is 9.78 Å². The number of fused-ring (bicyclic) bond motifs is 1. The summed E-state index contributed by atoms with van der Waals surface area (Å²) < 4.78 is 5.40. The summed E-state index contributed by atoms with van der Waals surface area (Å²) in [5, 5.41) is 13.1. The van der Waals surface area contributed by atoms with Crippen molar-refractivity contribution < 1.29 is 14.3 Å². The number of benzene rings is 1. The van der Waals surface area contributed by atoms with Gasteiger partial charge in [-0.05, 0) is 54.9 Å². The summed E-state index contributed by atoms with van der Waals surface area (Å²) in [5.74, 6) is -0.798. The highest BCUT2D eigenvalue weighted by molar-refractivity contribution is 7.16. The van der Waals surface area contributed by atoms with Crippen LogP contribution in [0.25, 0.3) is 0 Å². The van der Waals surface area contributed by atoms with Gasteiger partial charge in [-0.15, -0.1) is 11.3 Å². The number of aromatic nitrogens is 1. The molecule has 8 heteroatoms. The second-order valence-corrected chi connectivity index (χ2v) is 9.27. The Bertz CT molecular complexity index is 1220. The topological polar surface area (TPSA) is 92.1 Å². The molecule has 0 fully saturated rings. The molecule has 0 spiro atoms. The average molecular weight is 480 g/mol. The third-order valence-corrected chi connectivity index (χ3v) is 7.25. The standard InChI is InChI=1S/C25H22ClN3O3S/c1-2-20(32-25(31)18-9-6-12-28-22(18)26)23(30)29-24-19(14-27)17-11-10-16(13-21(17)33-24)15-7-4-3-5-8-15/h3-9,12,16,20H,2,10-11,13H2,1H3,(H,29,30). The highest BCUT2D eigenvalue weighted by Crippen LogP contribution is 2.42. The fourth-order valence-corrected chi connectivity index (χ4v) is 5.52. The Hall–Kier alpha value is -3.21. The van der Waals surface area contributed by atoms with Crippen LogP contribution in [-0.2, 0) is 22.4 Å². The Morgan fingerprint density at radius 3 is 2.79 bits per heavy atom. The van der Waals surface area contributed by atoms with Gasteiger partial charge in [-0.1, -0.05) is 48.9 Å². The van der Waals surface area contributed by atoms with Crippen molar-refractivity contribution >= 4 is 39.8 Å². The van der Waals surface area contributed by atoms with Gasteiger partial charge >= 0.3 is 5.97 Å². The molecule has 1 aliphatic rings. The minimum atomic E-state index is -1.02. The Labute approximate surface area is 201 Å². The van der Waals surface area contributed by atoms with Gasteiger partial charge < -0.3 is 10.1 Å². The molecule has 0 saturated carbocycles. The number of hydrogen-bond donors (Lipinski definition) is 1. The predicted molar refractivity (Wildman–Crippen MR) is 128 cm³/mol. The molecule has 0 saturated heterocycles. The van der Waals surface area contributed by atoms with Crippen molar-refractivity contribution in [2.24, 2.45) is 0 Å². The van der Waals surface area contributed by atoms with Gasteiger partial charge in [-0.2, -0.15) is 5.26 Å². The number of nitrogens with zero attached hydrogens (tertiary/aromatic N) is 2. The summed E-state index contributed by atoms with van der Waals surface area (Å²) in [4.78, 5) is 30.4. The van der Waals surface area contributed by atoms with Crippen molar-refractivity contribution in [3.63, 3.8) is 0 Å². The first-order valence-electron chi connectivity index (χ1n) is 10.7. The first-order valence-corrected chi connectivity index (χ1v) is 11.9. The maximum Gasteiger partial charge on any atom is 0.342 e. The van der Waals surface area contributed by atoms with E-state index in [1.807, 2.05) is 18.2 Å². The Morgan fingerprint density at radius 1 is 1.30 bits per heavy atom. The number of nitriles is 1. The van der Waals surface area contributed by atoms with Crippen molar-refractivity contribution in [2.45, 2.75) is 44.6 Å². The third-order valence-electron chi connectivity index (χ3n) is 5.78. The molecule has 1 aromatic carbocycles. The normalized spacial score (nSPS) is 15.7. The molecule has 0 bridgehead atoms. The molecular formula is C25H22ClN3O3S. The van der Waals surface area contributed by atoms with E-state index in [4.69, 9.17) is 16.3 Å². The highest BCUT2D eigenvalue weighted by Gasteiger charge is 2.29. The minimum absolute atomic E-state index is 0.0171. The van der Waals surface area contributed by atoms with E-state index in [1.54, 1.807) is 13.0 Å². The van der Waals surface area contributed by atoms with Gasteiger partial charge in [0.1, 0.15) is 16.2 Å². The van der Waals surface area contributed by atoms with Crippen molar-refractivity contribution in [1.29, 1.82) is 5.26 Å². The van der Waals surface area contributed by atoms with E-state index in [0.717, 1.165) is 29.7 Å². The number of esters is 1.